The molecular formula is C9H9NO. The predicted molar refractivity (Wildman–Crippen MR) is 43.0 cm³/mol. The Morgan fingerprint density at radius 2 is 2.45 bits per heavy atom. The lowest BCUT2D eigenvalue weighted by molar-refractivity contribution is 0.521. The molecule has 0 aromatic carbocycles. The molecule has 0 atom stereocenters. The number of allylic oxidation sites excluding steroid dienone is 4. The van der Waals surface area contributed by atoms with Crippen LogP contribution >= 0.6 is 0 Å². The number of hydrogen-bond donors (Lipinski definition) is 0. The van der Waals surface area contributed by atoms with Crippen LogP contribution in [0, 0.1) is 6.92 Å². The number of rotatable bonds is 1. The summed E-state index contributed by atoms with van der Waals surface area (Å²) in [6, 6.07) is 0. The summed E-state index contributed by atoms with van der Waals surface area (Å²) in [6.07, 6.45) is 9.02. The molecule has 0 N–H and O–H groups in total. The maximum Gasteiger partial charge on any atom is 0.191 e. The van der Waals surface area contributed by atoms with Gasteiger partial charge in [-0.2, -0.15) is 0 Å². The zero-order valence-electron chi connectivity index (χ0n) is 6.37. The van der Waals surface area contributed by atoms with E-state index in [0.29, 0.717) is 0 Å². The van der Waals surface area contributed by atoms with Crippen LogP contribution in [0.25, 0.3) is 5.57 Å². The van der Waals surface area contributed by atoms with Crippen molar-refractivity contribution in [3.05, 3.63) is 36.1 Å². The molecule has 1 aliphatic carbocycles. The number of aromatic nitrogens is 1. The standard InChI is InChI=1S/C9H9NO/c1-7-10-9(6-11-7)8-4-2-3-5-8/h2,4-6H,3H2,1H3. The lowest BCUT2D eigenvalue weighted by Crippen LogP contribution is -1.77. The lowest BCUT2D eigenvalue weighted by Gasteiger charge is -1.87. The third-order valence-electron chi connectivity index (χ3n) is 1.69. The third kappa shape index (κ3) is 1.11. The van der Waals surface area contributed by atoms with E-state index >= 15 is 0 Å². The van der Waals surface area contributed by atoms with Crippen molar-refractivity contribution in [2.75, 3.05) is 0 Å². The molecule has 0 saturated carbocycles. The van der Waals surface area contributed by atoms with Gasteiger partial charge in [0.05, 0.1) is 0 Å². The minimum absolute atomic E-state index is 0.723. The molecular weight excluding hydrogens is 138 g/mol. The van der Waals surface area contributed by atoms with Crippen LogP contribution in [0.2, 0.25) is 0 Å². The Kier molecular flexibility index (Phi) is 1.39. The van der Waals surface area contributed by atoms with Crippen molar-refractivity contribution in [3.8, 4) is 0 Å². The number of nitrogens with zero attached hydrogens (tertiary/aromatic N) is 1. The molecule has 0 aliphatic heterocycles. The van der Waals surface area contributed by atoms with E-state index in [4.69, 9.17) is 4.42 Å². The highest BCUT2D eigenvalue weighted by molar-refractivity contribution is 5.73. The van der Waals surface area contributed by atoms with Gasteiger partial charge < -0.3 is 4.42 Å². The fraction of sp³-hybridized carbons (Fsp3) is 0.222. The molecule has 2 rings (SSSR count). The molecule has 0 spiro atoms. The Balaban J connectivity index is 2.36. The second-order valence-electron chi connectivity index (χ2n) is 2.55. The van der Waals surface area contributed by atoms with Crippen molar-refractivity contribution in [2.45, 2.75) is 13.3 Å². The van der Waals surface area contributed by atoms with Gasteiger partial charge in [0, 0.05) is 6.92 Å². The van der Waals surface area contributed by atoms with E-state index in [1.165, 1.54) is 5.57 Å². The summed E-state index contributed by atoms with van der Waals surface area (Å²) in [5, 5.41) is 0. The quantitative estimate of drug-likeness (QED) is 0.609. The van der Waals surface area contributed by atoms with E-state index in [-0.39, 0.29) is 0 Å². The molecule has 0 radical (unpaired) electrons. The first-order valence-electron chi connectivity index (χ1n) is 3.65. The molecule has 0 unspecified atom stereocenters. The SMILES string of the molecule is Cc1nc(C2=CCC=C2)co1. The van der Waals surface area contributed by atoms with Gasteiger partial charge >= 0.3 is 0 Å². The highest BCUT2D eigenvalue weighted by Gasteiger charge is 2.05. The first kappa shape index (κ1) is 6.40. The van der Waals surface area contributed by atoms with Crippen molar-refractivity contribution >= 4 is 5.57 Å². The fourth-order valence-electron chi connectivity index (χ4n) is 1.14. The Hall–Kier alpha value is -1.31. The minimum atomic E-state index is 0.723. The molecule has 11 heavy (non-hydrogen) atoms. The van der Waals surface area contributed by atoms with Crippen LogP contribution in [0.5, 0.6) is 0 Å². The molecule has 2 heteroatoms. The van der Waals surface area contributed by atoms with E-state index < -0.39 is 0 Å². The number of hydrogen-bond acceptors (Lipinski definition) is 2. The summed E-state index contributed by atoms with van der Waals surface area (Å²) in [4.78, 5) is 4.21. The van der Waals surface area contributed by atoms with Crippen LogP contribution in [0.15, 0.2) is 28.9 Å². The largest absolute Gasteiger partial charge is 0.449 e. The van der Waals surface area contributed by atoms with Gasteiger partial charge in [0.1, 0.15) is 12.0 Å². The van der Waals surface area contributed by atoms with E-state index in [2.05, 4.69) is 23.2 Å². The smallest absolute Gasteiger partial charge is 0.191 e. The second-order valence-corrected chi connectivity index (χ2v) is 2.55. The van der Waals surface area contributed by atoms with Gasteiger partial charge in [0.15, 0.2) is 5.89 Å². The van der Waals surface area contributed by atoms with Crippen LogP contribution in [0.1, 0.15) is 18.0 Å². The topological polar surface area (TPSA) is 26.0 Å². The summed E-state index contributed by atoms with van der Waals surface area (Å²) < 4.78 is 5.09. The third-order valence-corrected chi connectivity index (χ3v) is 1.69. The molecule has 1 aromatic rings. The van der Waals surface area contributed by atoms with Crippen molar-refractivity contribution in [1.82, 2.24) is 4.98 Å². The van der Waals surface area contributed by atoms with E-state index in [9.17, 15) is 0 Å². The Bertz CT molecular complexity index is 320. The van der Waals surface area contributed by atoms with Gasteiger partial charge in [0.25, 0.3) is 0 Å². The molecule has 1 aromatic heterocycles. The summed E-state index contributed by atoms with van der Waals surface area (Å²) >= 11 is 0. The molecule has 0 fully saturated rings. The Morgan fingerprint density at radius 3 is 3.00 bits per heavy atom. The zero-order chi connectivity index (χ0) is 7.68. The van der Waals surface area contributed by atoms with E-state index in [1.54, 1.807) is 6.26 Å². The van der Waals surface area contributed by atoms with E-state index in [0.717, 1.165) is 18.0 Å². The summed E-state index contributed by atoms with van der Waals surface area (Å²) in [6.45, 7) is 1.85. The van der Waals surface area contributed by atoms with Gasteiger partial charge in [-0.05, 0) is 12.0 Å². The van der Waals surface area contributed by atoms with Crippen molar-refractivity contribution < 1.29 is 4.42 Å². The van der Waals surface area contributed by atoms with Gasteiger partial charge in [-0.3, -0.25) is 0 Å². The normalized spacial score (nSPS) is 15.5. The van der Waals surface area contributed by atoms with Gasteiger partial charge in [-0.1, -0.05) is 18.2 Å². The highest BCUT2D eigenvalue weighted by Crippen LogP contribution is 2.20. The van der Waals surface area contributed by atoms with Gasteiger partial charge in [-0.25, -0.2) is 4.98 Å². The molecule has 1 heterocycles. The average molecular weight is 147 g/mol. The van der Waals surface area contributed by atoms with Crippen LogP contribution in [0.3, 0.4) is 0 Å². The zero-order valence-corrected chi connectivity index (χ0v) is 6.37. The molecule has 2 nitrogen and oxygen atoms in total. The first-order chi connectivity index (χ1) is 5.36. The van der Waals surface area contributed by atoms with Crippen molar-refractivity contribution in [1.29, 1.82) is 0 Å². The highest BCUT2D eigenvalue weighted by atomic mass is 16.3. The summed E-state index contributed by atoms with van der Waals surface area (Å²) in [5.41, 5.74) is 2.11. The lowest BCUT2D eigenvalue weighted by atomic mass is 10.2. The van der Waals surface area contributed by atoms with Crippen LogP contribution in [-0.2, 0) is 0 Å². The Morgan fingerprint density at radius 1 is 1.55 bits per heavy atom. The molecule has 0 bridgehead atoms. The Labute approximate surface area is 65.2 Å². The van der Waals surface area contributed by atoms with Crippen LogP contribution in [0.4, 0.5) is 0 Å². The molecule has 1 aliphatic rings. The number of aryl methyl sites for hydroxylation is 1. The minimum Gasteiger partial charge on any atom is -0.449 e. The first-order valence-corrected chi connectivity index (χ1v) is 3.65. The van der Waals surface area contributed by atoms with Gasteiger partial charge in [-0.15, -0.1) is 0 Å². The van der Waals surface area contributed by atoms with Crippen LogP contribution in [-0.4, -0.2) is 4.98 Å². The monoisotopic (exact) mass is 147 g/mol. The molecule has 0 amide bonds. The molecule has 56 valence electrons. The maximum absolute atomic E-state index is 5.09. The van der Waals surface area contributed by atoms with Crippen molar-refractivity contribution in [2.24, 2.45) is 0 Å². The van der Waals surface area contributed by atoms with Crippen LogP contribution < -0.4 is 0 Å². The summed E-state index contributed by atoms with van der Waals surface area (Å²) in [5.74, 6) is 0.723. The van der Waals surface area contributed by atoms with E-state index in [1.807, 2.05) is 6.92 Å². The predicted octanol–water partition coefficient (Wildman–Crippen LogP) is 2.33. The van der Waals surface area contributed by atoms with Crippen molar-refractivity contribution in [3.63, 3.8) is 0 Å². The average Bonchev–Trinajstić information content (AvgIpc) is 2.55. The number of oxazole rings is 1. The summed E-state index contributed by atoms with van der Waals surface area (Å²) in [7, 11) is 0. The van der Waals surface area contributed by atoms with Gasteiger partial charge in [0.2, 0.25) is 0 Å². The molecule has 0 saturated heterocycles. The second kappa shape index (κ2) is 2.38. The fourth-order valence-corrected chi connectivity index (χ4v) is 1.14. The maximum atomic E-state index is 5.09.